The third-order valence-electron chi connectivity index (χ3n) is 6.14. The molecule has 31 heavy (non-hydrogen) atoms. The third-order valence-corrected chi connectivity index (χ3v) is 7.86. The SMILES string of the molecule is Cc1cc2[nH]ncc2cc1[C@]1(C)CN(S(=O)(=O)c2cn[nH]n2)CCN1CCC(C)(C)F. The summed E-state index contributed by atoms with van der Waals surface area (Å²) in [5, 5.41) is 17.7. The number of aryl methyl sites for hydroxylation is 1. The van der Waals surface area contributed by atoms with Crippen molar-refractivity contribution in [3.63, 3.8) is 0 Å². The first kappa shape index (κ1) is 21.8. The highest BCUT2D eigenvalue weighted by Crippen LogP contribution is 2.38. The number of aromatic nitrogens is 5. The quantitative estimate of drug-likeness (QED) is 0.598. The van der Waals surface area contributed by atoms with Crippen LogP contribution >= 0.6 is 0 Å². The predicted molar refractivity (Wildman–Crippen MR) is 115 cm³/mol. The Morgan fingerprint density at radius 3 is 2.68 bits per heavy atom. The van der Waals surface area contributed by atoms with E-state index in [9.17, 15) is 12.8 Å². The number of benzene rings is 1. The molecule has 0 unspecified atom stereocenters. The average molecular weight is 450 g/mol. The van der Waals surface area contributed by atoms with Crippen molar-refractivity contribution >= 4 is 20.9 Å². The molecule has 0 saturated carbocycles. The summed E-state index contributed by atoms with van der Waals surface area (Å²) in [5.74, 6) is 0. The minimum absolute atomic E-state index is 0.102. The summed E-state index contributed by atoms with van der Waals surface area (Å²) < 4.78 is 42.1. The second-order valence-electron chi connectivity index (χ2n) is 9.00. The van der Waals surface area contributed by atoms with Crippen LogP contribution in [-0.2, 0) is 15.6 Å². The summed E-state index contributed by atoms with van der Waals surface area (Å²) >= 11 is 0. The molecule has 1 saturated heterocycles. The molecule has 168 valence electrons. The van der Waals surface area contributed by atoms with Gasteiger partial charge in [-0.05, 0) is 57.4 Å². The Hall–Kier alpha value is -2.37. The molecule has 0 bridgehead atoms. The highest BCUT2D eigenvalue weighted by Gasteiger charge is 2.44. The summed E-state index contributed by atoms with van der Waals surface area (Å²) in [6, 6.07) is 4.07. The van der Waals surface area contributed by atoms with E-state index in [1.54, 1.807) is 20.0 Å². The molecule has 9 nitrogen and oxygen atoms in total. The van der Waals surface area contributed by atoms with Gasteiger partial charge in [0, 0.05) is 31.6 Å². The van der Waals surface area contributed by atoms with E-state index < -0.39 is 21.2 Å². The molecular weight excluding hydrogens is 421 g/mol. The maximum absolute atomic E-state index is 14.3. The Labute approximate surface area is 181 Å². The molecule has 1 atom stereocenters. The zero-order valence-corrected chi connectivity index (χ0v) is 19.0. The minimum atomic E-state index is -3.80. The lowest BCUT2D eigenvalue weighted by Gasteiger charge is -2.49. The van der Waals surface area contributed by atoms with Gasteiger partial charge in [0.05, 0.1) is 23.4 Å². The molecule has 0 spiro atoms. The molecule has 3 aromatic rings. The van der Waals surface area contributed by atoms with Crippen LogP contribution in [0.15, 0.2) is 29.6 Å². The van der Waals surface area contributed by atoms with Crippen molar-refractivity contribution in [2.75, 3.05) is 26.2 Å². The smallest absolute Gasteiger partial charge is 0.264 e. The van der Waals surface area contributed by atoms with Gasteiger partial charge in [0.2, 0.25) is 5.03 Å². The zero-order chi connectivity index (χ0) is 22.4. The number of nitrogens with zero attached hydrogens (tertiary/aromatic N) is 5. The summed E-state index contributed by atoms with van der Waals surface area (Å²) in [4.78, 5) is 2.19. The van der Waals surface area contributed by atoms with Gasteiger partial charge in [-0.25, -0.2) is 12.8 Å². The molecule has 1 aliphatic heterocycles. The van der Waals surface area contributed by atoms with Gasteiger partial charge >= 0.3 is 0 Å². The van der Waals surface area contributed by atoms with E-state index >= 15 is 0 Å². The van der Waals surface area contributed by atoms with E-state index in [1.165, 1.54) is 10.5 Å². The van der Waals surface area contributed by atoms with E-state index in [0.717, 1.165) is 22.0 Å². The average Bonchev–Trinajstić information content (AvgIpc) is 3.37. The summed E-state index contributed by atoms with van der Waals surface area (Å²) in [7, 11) is -3.80. The van der Waals surface area contributed by atoms with Crippen molar-refractivity contribution in [3.05, 3.63) is 35.7 Å². The van der Waals surface area contributed by atoms with Gasteiger partial charge in [-0.2, -0.15) is 19.7 Å². The van der Waals surface area contributed by atoms with Crippen LogP contribution < -0.4 is 0 Å². The van der Waals surface area contributed by atoms with Crippen LogP contribution in [0.5, 0.6) is 0 Å². The predicted octanol–water partition coefficient (Wildman–Crippen LogP) is 2.35. The van der Waals surface area contributed by atoms with Crippen LogP contribution in [0.1, 0.15) is 38.3 Å². The van der Waals surface area contributed by atoms with Crippen molar-refractivity contribution in [1.82, 2.24) is 34.8 Å². The lowest BCUT2D eigenvalue weighted by atomic mass is 9.84. The van der Waals surface area contributed by atoms with Crippen LogP contribution in [0.2, 0.25) is 0 Å². The lowest BCUT2D eigenvalue weighted by molar-refractivity contribution is 0.0235. The van der Waals surface area contributed by atoms with E-state index in [-0.39, 0.29) is 11.6 Å². The van der Waals surface area contributed by atoms with Gasteiger partial charge in [0.25, 0.3) is 10.0 Å². The minimum Gasteiger partial charge on any atom is -0.291 e. The number of H-pyrrole nitrogens is 2. The molecule has 11 heteroatoms. The fourth-order valence-electron chi connectivity index (χ4n) is 4.35. The normalized spacial score (nSPS) is 21.7. The van der Waals surface area contributed by atoms with Gasteiger partial charge < -0.3 is 0 Å². The van der Waals surface area contributed by atoms with Crippen molar-refractivity contribution < 1.29 is 12.8 Å². The Morgan fingerprint density at radius 1 is 1.23 bits per heavy atom. The summed E-state index contributed by atoms with van der Waals surface area (Å²) in [6.45, 7) is 8.67. The number of sulfonamides is 1. The zero-order valence-electron chi connectivity index (χ0n) is 18.2. The molecule has 4 rings (SSSR count). The van der Waals surface area contributed by atoms with Gasteiger partial charge in [-0.3, -0.25) is 10.00 Å². The van der Waals surface area contributed by atoms with E-state index in [0.29, 0.717) is 26.1 Å². The molecule has 1 fully saturated rings. The molecule has 2 N–H and O–H groups in total. The Balaban J connectivity index is 1.76. The number of nitrogens with one attached hydrogen (secondary N) is 2. The number of hydrogen-bond donors (Lipinski definition) is 2. The summed E-state index contributed by atoms with van der Waals surface area (Å²) in [5.41, 5.74) is 0.969. The Bertz CT molecular complexity index is 1170. The lowest BCUT2D eigenvalue weighted by Crippen LogP contribution is -2.60. The van der Waals surface area contributed by atoms with E-state index in [4.69, 9.17) is 0 Å². The van der Waals surface area contributed by atoms with Crippen molar-refractivity contribution in [2.24, 2.45) is 0 Å². The molecule has 3 heterocycles. The highest BCUT2D eigenvalue weighted by atomic mass is 32.2. The fraction of sp³-hybridized carbons (Fsp3) is 0.550. The highest BCUT2D eigenvalue weighted by molar-refractivity contribution is 7.89. The molecule has 1 aromatic carbocycles. The van der Waals surface area contributed by atoms with Gasteiger partial charge in [-0.15, -0.1) is 5.10 Å². The number of alkyl halides is 1. The molecule has 2 aromatic heterocycles. The topological polar surface area (TPSA) is 111 Å². The molecular formula is C20H28FN7O2S. The van der Waals surface area contributed by atoms with Crippen LogP contribution in [0, 0.1) is 6.92 Å². The summed E-state index contributed by atoms with van der Waals surface area (Å²) in [6.07, 6.45) is 3.32. The van der Waals surface area contributed by atoms with Crippen molar-refractivity contribution in [3.8, 4) is 0 Å². The molecule has 0 aliphatic carbocycles. The molecule has 1 aliphatic rings. The van der Waals surface area contributed by atoms with Gasteiger partial charge in [-0.1, -0.05) is 0 Å². The number of rotatable bonds is 6. The first-order valence-electron chi connectivity index (χ1n) is 10.2. The maximum Gasteiger partial charge on any atom is 0.264 e. The van der Waals surface area contributed by atoms with Gasteiger partial charge in [0.1, 0.15) is 5.67 Å². The number of aromatic amines is 2. The standard InChI is InChI=1S/C20H28FN7O2S/c1-14-9-17-15(11-22-24-17)10-16(14)20(4)13-28(31(29,30)18-12-23-26-25-18)8-7-27(20)6-5-19(2,3)21/h9-12H,5-8,13H2,1-4H3,(H,22,24)(H,23,25,26)/t20-/m0/s1. The van der Waals surface area contributed by atoms with Crippen molar-refractivity contribution in [1.29, 1.82) is 0 Å². The second kappa shape index (κ2) is 7.64. The Morgan fingerprint density at radius 2 is 2.00 bits per heavy atom. The largest absolute Gasteiger partial charge is 0.291 e. The maximum atomic E-state index is 14.3. The van der Waals surface area contributed by atoms with Gasteiger partial charge in [0.15, 0.2) is 0 Å². The van der Waals surface area contributed by atoms with Crippen LogP contribution in [0.4, 0.5) is 4.39 Å². The number of halogens is 1. The van der Waals surface area contributed by atoms with E-state index in [1.807, 2.05) is 26.0 Å². The number of hydrogen-bond acceptors (Lipinski definition) is 6. The van der Waals surface area contributed by atoms with Crippen LogP contribution in [-0.4, -0.2) is 75.1 Å². The first-order valence-corrected chi connectivity index (χ1v) is 11.7. The monoisotopic (exact) mass is 449 g/mol. The number of fused-ring (bicyclic) bond motifs is 1. The third kappa shape index (κ3) is 4.09. The first-order chi connectivity index (χ1) is 14.5. The van der Waals surface area contributed by atoms with Crippen molar-refractivity contribution in [2.45, 2.75) is 50.3 Å². The van der Waals surface area contributed by atoms with Crippen LogP contribution in [0.3, 0.4) is 0 Å². The van der Waals surface area contributed by atoms with E-state index in [2.05, 4.69) is 30.5 Å². The molecule has 0 radical (unpaired) electrons. The second-order valence-corrected chi connectivity index (χ2v) is 10.9. The Kier molecular flexibility index (Phi) is 5.39. The fourth-order valence-corrected chi connectivity index (χ4v) is 5.70. The molecule has 0 amide bonds. The number of piperazine rings is 1. The van der Waals surface area contributed by atoms with Crippen LogP contribution in [0.25, 0.3) is 10.9 Å².